The highest BCUT2D eigenvalue weighted by Crippen LogP contribution is 2.37. The van der Waals surface area contributed by atoms with E-state index in [0.717, 1.165) is 16.7 Å². The van der Waals surface area contributed by atoms with Crippen LogP contribution in [0, 0.1) is 11.8 Å². The zero-order chi connectivity index (χ0) is 29.0. The van der Waals surface area contributed by atoms with Crippen LogP contribution in [0.1, 0.15) is 68.5 Å². The number of rotatable bonds is 5. The number of pyridine rings is 1. The van der Waals surface area contributed by atoms with Crippen molar-refractivity contribution in [2.75, 3.05) is 0 Å². The minimum Gasteiger partial charge on any atom is -0.444 e. The molecule has 1 aromatic heterocycles. The van der Waals surface area contributed by atoms with Gasteiger partial charge >= 0.3 is 18.4 Å². The van der Waals surface area contributed by atoms with Crippen molar-refractivity contribution in [3.05, 3.63) is 76.5 Å². The van der Waals surface area contributed by atoms with Crippen LogP contribution >= 0.6 is 0 Å². The number of benzene rings is 2. The van der Waals surface area contributed by atoms with Crippen molar-refractivity contribution in [1.82, 2.24) is 9.88 Å². The van der Waals surface area contributed by atoms with Gasteiger partial charge in [0, 0.05) is 23.9 Å². The number of alkyl halides is 6. The van der Waals surface area contributed by atoms with Crippen LogP contribution < -0.4 is 0 Å². The number of fused-ring (bicyclic) bond motifs is 1. The lowest BCUT2D eigenvalue weighted by molar-refractivity contribution is -0.143. The van der Waals surface area contributed by atoms with Crippen molar-refractivity contribution >= 4 is 17.0 Å². The van der Waals surface area contributed by atoms with Gasteiger partial charge in [-0.05, 0) is 69.0 Å². The summed E-state index contributed by atoms with van der Waals surface area (Å²) in [4.78, 5) is 18.8. The SMILES string of the molecule is CCCC#Cc1nc2ccccc2cc1CN(Cc1cc(C(F)(F)F)cc(C(F)(F)F)c1)C(=O)OC(C)(C)C. The third-order valence-corrected chi connectivity index (χ3v) is 5.42. The molecule has 0 unspecified atom stereocenters. The molecule has 2 aromatic carbocycles. The first-order valence-electron chi connectivity index (χ1n) is 12.2. The van der Waals surface area contributed by atoms with E-state index in [1.807, 2.05) is 6.92 Å². The quantitative estimate of drug-likeness (QED) is 0.237. The van der Waals surface area contributed by atoms with Crippen LogP contribution in [0.5, 0.6) is 0 Å². The molecule has 0 aliphatic heterocycles. The van der Waals surface area contributed by atoms with Gasteiger partial charge in [-0.2, -0.15) is 26.3 Å². The van der Waals surface area contributed by atoms with Crippen LogP contribution in [0.25, 0.3) is 10.9 Å². The van der Waals surface area contributed by atoms with Crippen molar-refractivity contribution < 1.29 is 35.9 Å². The Balaban J connectivity index is 2.11. The lowest BCUT2D eigenvalue weighted by atomic mass is 10.0. The molecule has 0 spiro atoms. The number of carbonyl (C=O) groups is 1. The van der Waals surface area contributed by atoms with Gasteiger partial charge in [-0.15, -0.1) is 0 Å². The number of halogens is 6. The first-order chi connectivity index (χ1) is 18.1. The maximum Gasteiger partial charge on any atom is 0.416 e. The van der Waals surface area contributed by atoms with E-state index < -0.39 is 41.7 Å². The number of ether oxygens (including phenoxy) is 1. The van der Waals surface area contributed by atoms with Crippen molar-refractivity contribution in [2.24, 2.45) is 0 Å². The van der Waals surface area contributed by atoms with Crippen LogP contribution in [0.15, 0.2) is 48.5 Å². The molecule has 39 heavy (non-hydrogen) atoms. The molecule has 10 heteroatoms. The fourth-order valence-corrected chi connectivity index (χ4v) is 3.71. The van der Waals surface area contributed by atoms with Crippen LogP contribution in [0.3, 0.4) is 0 Å². The van der Waals surface area contributed by atoms with E-state index in [2.05, 4.69) is 16.8 Å². The van der Waals surface area contributed by atoms with E-state index in [1.165, 1.54) is 0 Å². The number of aromatic nitrogens is 1. The maximum atomic E-state index is 13.5. The summed E-state index contributed by atoms with van der Waals surface area (Å²) in [6, 6.07) is 10.2. The monoisotopic (exact) mass is 550 g/mol. The average Bonchev–Trinajstić information content (AvgIpc) is 2.81. The fraction of sp³-hybridized carbons (Fsp3) is 0.379. The second-order valence-corrected chi connectivity index (χ2v) is 9.99. The Bertz CT molecular complexity index is 1360. The zero-order valence-corrected chi connectivity index (χ0v) is 21.9. The predicted octanol–water partition coefficient (Wildman–Crippen LogP) is 8.36. The molecule has 0 saturated carbocycles. The van der Waals surface area contributed by atoms with Gasteiger partial charge in [0.2, 0.25) is 0 Å². The zero-order valence-electron chi connectivity index (χ0n) is 21.9. The molecule has 3 rings (SSSR count). The highest BCUT2D eigenvalue weighted by molar-refractivity contribution is 5.80. The van der Waals surface area contributed by atoms with Crippen molar-refractivity contribution in [3.63, 3.8) is 0 Å². The molecule has 1 heterocycles. The second kappa shape index (κ2) is 11.6. The molecule has 3 aromatic rings. The topological polar surface area (TPSA) is 42.4 Å². The maximum absolute atomic E-state index is 13.5. The van der Waals surface area contributed by atoms with E-state index in [4.69, 9.17) is 4.74 Å². The van der Waals surface area contributed by atoms with Crippen LogP contribution in [0.2, 0.25) is 0 Å². The Labute approximate surface area is 223 Å². The number of nitrogens with zero attached hydrogens (tertiary/aromatic N) is 2. The Morgan fingerprint density at radius 1 is 0.923 bits per heavy atom. The Morgan fingerprint density at radius 2 is 1.54 bits per heavy atom. The number of amides is 1. The van der Waals surface area contributed by atoms with Crippen molar-refractivity contribution in [2.45, 2.75) is 71.6 Å². The van der Waals surface area contributed by atoms with Gasteiger partial charge in [0.15, 0.2) is 0 Å². The summed E-state index contributed by atoms with van der Waals surface area (Å²) in [5.74, 6) is 5.98. The van der Waals surface area contributed by atoms with E-state index in [9.17, 15) is 31.1 Å². The van der Waals surface area contributed by atoms with Crippen LogP contribution in [-0.4, -0.2) is 21.6 Å². The summed E-state index contributed by atoms with van der Waals surface area (Å²) in [5.41, 5.74) is -2.76. The molecule has 0 saturated heterocycles. The summed E-state index contributed by atoms with van der Waals surface area (Å²) in [7, 11) is 0. The molecule has 0 bridgehead atoms. The van der Waals surface area contributed by atoms with Gasteiger partial charge in [-0.25, -0.2) is 9.78 Å². The van der Waals surface area contributed by atoms with E-state index in [0.29, 0.717) is 35.3 Å². The van der Waals surface area contributed by atoms with E-state index in [-0.39, 0.29) is 18.2 Å². The lowest BCUT2D eigenvalue weighted by Crippen LogP contribution is -2.36. The molecular formula is C29H28F6N2O2. The molecule has 0 atom stereocenters. The Kier molecular flexibility index (Phi) is 8.84. The van der Waals surface area contributed by atoms with Crippen LogP contribution in [0.4, 0.5) is 31.1 Å². The molecule has 4 nitrogen and oxygen atoms in total. The van der Waals surface area contributed by atoms with Crippen LogP contribution in [-0.2, 0) is 30.2 Å². The third-order valence-electron chi connectivity index (χ3n) is 5.42. The summed E-state index contributed by atoms with van der Waals surface area (Å²) < 4.78 is 86.2. The lowest BCUT2D eigenvalue weighted by Gasteiger charge is -2.28. The first kappa shape index (κ1) is 29.8. The molecular weight excluding hydrogens is 522 g/mol. The first-order valence-corrected chi connectivity index (χ1v) is 12.2. The molecule has 1 amide bonds. The van der Waals surface area contributed by atoms with E-state index >= 15 is 0 Å². The van der Waals surface area contributed by atoms with Gasteiger partial charge in [-0.1, -0.05) is 31.0 Å². The molecule has 0 radical (unpaired) electrons. The molecule has 0 aliphatic carbocycles. The van der Waals surface area contributed by atoms with Gasteiger partial charge in [0.05, 0.1) is 23.2 Å². The predicted molar refractivity (Wildman–Crippen MR) is 135 cm³/mol. The molecule has 0 aliphatic rings. The number of hydrogen-bond acceptors (Lipinski definition) is 3. The second-order valence-electron chi connectivity index (χ2n) is 9.99. The van der Waals surface area contributed by atoms with Crippen molar-refractivity contribution in [3.8, 4) is 11.8 Å². The Hall–Kier alpha value is -3.74. The molecule has 0 fully saturated rings. The van der Waals surface area contributed by atoms with E-state index in [1.54, 1.807) is 51.1 Å². The highest BCUT2D eigenvalue weighted by atomic mass is 19.4. The van der Waals surface area contributed by atoms with Crippen molar-refractivity contribution in [1.29, 1.82) is 0 Å². The average molecular weight is 551 g/mol. The summed E-state index contributed by atoms with van der Waals surface area (Å²) in [6.07, 6.45) is -9.55. The minimum atomic E-state index is -5.02. The highest BCUT2D eigenvalue weighted by Gasteiger charge is 2.37. The standard InChI is InChI=1S/C29H28F6N2O2/c1-5-6-7-11-25-21(15-20-10-8-9-12-24(20)36-25)18-37(26(38)39-27(2,3)4)17-19-13-22(28(30,31)32)16-23(14-19)29(33,34)35/h8-10,12-16H,5-6,17-18H2,1-4H3. The smallest absolute Gasteiger partial charge is 0.416 e. The largest absolute Gasteiger partial charge is 0.444 e. The fourth-order valence-electron chi connectivity index (χ4n) is 3.71. The Morgan fingerprint density at radius 3 is 2.10 bits per heavy atom. The van der Waals surface area contributed by atoms with Gasteiger partial charge < -0.3 is 4.74 Å². The third kappa shape index (κ3) is 8.37. The summed E-state index contributed by atoms with van der Waals surface area (Å²) >= 11 is 0. The summed E-state index contributed by atoms with van der Waals surface area (Å²) in [6.45, 7) is 5.99. The number of carbonyl (C=O) groups excluding carboxylic acids is 1. The van der Waals surface area contributed by atoms with Gasteiger partial charge in [0.25, 0.3) is 0 Å². The normalized spacial score (nSPS) is 12.2. The van der Waals surface area contributed by atoms with Gasteiger partial charge in [-0.3, -0.25) is 4.90 Å². The number of unbranched alkanes of at least 4 members (excludes halogenated alkanes) is 1. The summed E-state index contributed by atoms with van der Waals surface area (Å²) in [5, 5.41) is 0.733. The molecule has 0 N–H and O–H groups in total. The van der Waals surface area contributed by atoms with Gasteiger partial charge in [0.1, 0.15) is 11.3 Å². The molecule has 208 valence electrons. The number of hydrogen-bond donors (Lipinski definition) is 0. The number of para-hydroxylation sites is 1. The minimum absolute atomic E-state index is 0.0516.